The van der Waals surface area contributed by atoms with E-state index in [9.17, 15) is 9.59 Å². The van der Waals surface area contributed by atoms with Crippen LogP contribution in [-0.2, 0) is 17.8 Å². The highest BCUT2D eigenvalue weighted by atomic mass is 32.2. The van der Waals surface area contributed by atoms with Gasteiger partial charge in [-0.1, -0.05) is 75.0 Å². The van der Waals surface area contributed by atoms with Gasteiger partial charge < -0.3 is 15.2 Å². The molecule has 0 fully saturated rings. The molecule has 0 spiro atoms. The van der Waals surface area contributed by atoms with Crippen molar-refractivity contribution in [2.24, 2.45) is 5.92 Å². The summed E-state index contributed by atoms with van der Waals surface area (Å²) in [7, 11) is 0. The molecule has 2 amide bonds. The van der Waals surface area contributed by atoms with Crippen molar-refractivity contribution >= 4 is 29.3 Å². The van der Waals surface area contributed by atoms with Gasteiger partial charge in [0.2, 0.25) is 5.91 Å². The number of nitrogens with one attached hydrogen (secondary N) is 2. The number of rotatable bonds is 12. The Hall–Kier alpha value is -3.39. The van der Waals surface area contributed by atoms with Gasteiger partial charge in [0.15, 0.2) is 11.0 Å². The first kappa shape index (κ1) is 27.2. The normalized spacial score (nSPS) is 11.8. The first-order chi connectivity index (χ1) is 17.3. The average Bonchev–Trinajstić information content (AvgIpc) is 3.26. The van der Waals surface area contributed by atoms with Crippen molar-refractivity contribution in [3.05, 3.63) is 83.7 Å². The molecule has 0 radical (unpaired) electrons. The second-order valence-corrected chi connectivity index (χ2v) is 10.0. The lowest BCUT2D eigenvalue weighted by Gasteiger charge is -2.21. The molecular weight excluding hydrogens is 470 g/mol. The van der Waals surface area contributed by atoms with E-state index in [0.29, 0.717) is 35.4 Å². The van der Waals surface area contributed by atoms with Crippen molar-refractivity contribution in [1.29, 1.82) is 0 Å². The molecule has 0 aliphatic heterocycles. The van der Waals surface area contributed by atoms with Crippen molar-refractivity contribution in [1.82, 2.24) is 20.1 Å². The number of anilines is 1. The van der Waals surface area contributed by atoms with Gasteiger partial charge in [-0.05, 0) is 48.9 Å². The van der Waals surface area contributed by atoms with E-state index in [1.54, 1.807) is 18.2 Å². The van der Waals surface area contributed by atoms with Crippen LogP contribution in [0.3, 0.4) is 0 Å². The Bertz CT molecular complexity index is 1190. The van der Waals surface area contributed by atoms with Gasteiger partial charge >= 0.3 is 0 Å². The molecule has 8 heteroatoms. The molecule has 1 atom stereocenters. The van der Waals surface area contributed by atoms with E-state index in [4.69, 9.17) is 0 Å². The van der Waals surface area contributed by atoms with Crippen LogP contribution in [0.15, 0.2) is 66.3 Å². The Balaban J connectivity index is 1.78. The van der Waals surface area contributed by atoms with E-state index in [1.807, 2.05) is 47.9 Å². The predicted octanol–water partition coefficient (Wildman–Crippen LogP) is 5.58. The third-order valence-electron chi connectivity index (χ3n) is 5.75. The summed E-state index contributed by atoms with van der Waals surface area (Å²) >= 11 is 1.32. The number of nitrogens with zero attached hydrogens (tertiary/aromatic N) is 3. The highest BCUT2D eigenvalue weighted by molar-refractivity contribution is 7.99. The lowest BCUT2D eigenvalue weighted by atomic mass is 10.0. The van der Waals surface area contributed by atoms with E-state index in [2.05, 4.69) is 48.2 Å². The van der Waals surface area contributed by atoms with Gasteiger partial charge in [-0.25, -0.2) is 0 Å². The molecule has 36 heavy (non-hydrogen) atoms. The van der Waals surface area contributed by atoms with Crippen LogP contribution in [0.4, 0.5) is 5.69 Å². The summed E-state index contributed by atoms with van der Waals surface area (Å²) in [6.07, 6.45) is 3.31. The van der Waals surface area contributed by atoms with Gasteiger partial charge in [0.1, 0.15) is 0 Å². The lowest BCUT2D eigenvalue weighted by molar-refractivity contribution is -0.113. The maximum Gasteiger partial charge on any atom is 0.251 e. The number of para-hydroxylation sites is 1. The summed E-state index contributed by atoms with van der Waals surface area (Å²) in [4.78, 5) is 25.7. The van der Waals surface area contributed by atoms with Gasteiger partial charge in [0.25, 0.3) is 5.91 Å². The van der Waals surface area contributed by atoms with Crippen LogP contribution in [0.5, 0.6) is 0 Å². The molecule has 2 aromatic carbocycles. The molecule has 190 valence electrons. The molecule has 0 bridgehead atoms. The van der Waals surface area contributed by atoms with Crippen molar-refractivity contribution < 1.29 is 9.59 Å². The fourth-order valence-electron chi connectivity index (χ4n) is 4.00. The summed E-state index contributed by atoms with van der Waals surface area (Å²) in [5.74, 6) is 0.910. The fraction of sp³-hybridized carbons (Fsp3) is 0.357. The molecular formula is C28H35N5O2S. The second-order valence-electron chi connectivity index (χ2n) is 9.06. The standard InChI is InChI=1S/C28H35N5O2S/c1-6-16-33-26(23(17-19(3)4)29-27(35)22-13-9-8-10-14-22)31-32-28(33)36-18-24(34)30-25-20(5)12-11-15-21(25)7-2/h6,8-15,19,23H,1,7,16-18H2,2-5H3,(H,29,35)(H,30,34). The Morgan fingerprint density at radius 2 is 1.86 bits per heavy atom. The fourth-order valence-corrected chi connectivity index (χ4v) is 4.76. The number of hydrogen-bond donors (Lipinski definition) is 2. The lowest BCUT2D eigenvalue weighted by Crippen LogP contribution is -2.31. The summed E-state index contributed by atoms with van der Waals surface area (Å²) < 4.78 is 1.93. The van der Waals surface area contributed by atoms with E-state index in [-0.39, 0.29) is 23.6 Å². The molecule has 1 unspecified atom stereocenters. The van der Waals surface area contributed by atoms with Gasteiger partial charge in [0, 0.05) is 17.8 Å². The van der Waals surface area contributed by atoms with E-state index in [0.717, 1.165) is 23.2 Å². The molecule has 0 aliphatic carbocycles. The molecule has 1 aromatic heterocycles. The molecule has 1 heterocycles. The first-order valence-electron chi connectivity index (χ1n) is 12.2. The molecule has 3 aromatic rings. The minimum Gasteiger partial charge on any atom is -0.342 e. The number of aryl methyl sites for hydroxylation is 2. The molecule has 3 rings (SSSR count). The Morgan fingerprint density at radius 1 is 1.11 bits per heavy atom. The van der Waals surface area contributed by atoms with Crippen molar-refractivity contribution in [2.45, 2.75) is 58.3 Å². The first-order valence-corrected chi connectivity index (χ1v) is 13.2. The maximum absolute atomic E-state index is 12.9. The monoisotopic (exact) mass is 505 g/mol. The van der Waals surface area contributed by atoms with E-state index >= 15 is 0 Å². The predicted molar refractivity (Wildman–Crippen MR) is 146 cm³/mol. The zero-order valence-corrected chi connectivity index (χ0v) is 22.3. The van der Waals surface area contributed by atoms with Gasteiger partial charge in [-0.3, -0.25) is 9.59 Å². The topological polar surface area (TPSA) is 88.9 Å². The number of benzene rings is 2. The van der Waals surface area contributed by atoms with Gasteiger partial charge in [-0.2, -0.15) is 0 Å². The van der Waals surface area contributed by atoms with Gasteiger partial charge in [-0.15, -0.1) is 16.8 Å². The highest BCUT2D eigenvalue weighted by Gasteiger charge is 2.25. The summed E-state index contributed by atoms with van der Waals surface area (Å²) in [6, 6.07) is 14.8. The van der Waals surface area contributed by atoms with Crippen LogP contribution in [0.1, 0.15) is 60.5 Å². The molecule has 0 aliphatic rings. The Kier molecular flexibility index (Phi) is 9.87. The number of carbonyl (C=O) groups is 2. The van der Waals surface area contributed by atoms with Crippen LogP contribution in [0.25, 0.3) is 0 Å². The molecule has 7 nitrogen and oxygen atoms in total. The van der Waals surface area contributed by atoms with Crippen LogP contribution in [0, 0.1) is 12.8 Å². The van der Waals surface area contributed by atoms with Crippen molar-refractivity contribution in [3.63, 3.8) is 0 Å². The SMILES string of the molecule is C=CCn1c(SCC(=O)Nc2c(C)cccc2CC)nnc1C(CC(C)C)NC(=O)c1ccccc1. The number of thioether (sulfide) groups is 1. The average molecular weight is 506 g/mol. The quantitative estimate of drug-likeness (QED) is 0.248. The van der Waals surface area contributed by atoms with E-state index in [1.165, 1.54) is 11.8 Å². The van der Waals surface area contributed by atoms with Crippen LogP contribution in [-0.4, -0.2) is 32.3 Å². The smallest absolute Gasteiger partial charge is 0.251 e. The third-order valence-corrected chi connectivity index (χ3v) is 6.72. The van der Waals surface area contributed by atoms with Gasteiger partial charge in [0.05, 0.1) is 11.8 Å². The molecule has 0 saturated carbocycles. The minimum atomic E-state index is -0.326. The number of amides is 2. The number of carbonyl (C=O) groups excluding carboxylic acids is 2. The zero-order valence-electron chi connectivity index (χ0n) is 21.5. The molecule has 2 N–H and O–H groups in total. The van der Waals surface area contributed by atoms with Crippen molar-refractivity contribution in [2.75, 3.05) is 11.1 Å². The van der Waals surface area contributed by atoms with E-state index < -0.39 is 0 Å². The molecule has 0 saturated heterocycles. The van der Waals surface area contributed by atoms with Crippen LogP contribution >= 0.6 is 11.8 Å². The largest absolute Gasteiger partial charge is 0.342 e. The van der Waals surface area contributed by atoms with Crippen LogP contribution < -0.4 is 10.6 Å². The highest BCUT2D eigenvalue weighted by Crippen LogP contribution is 2.26. The summed E-state index contributed by atoms with van der Waals surface area (Å²) in [5.41, 5.74) is 3.61. The number of allylic oxidation sites excluding steroid dienone is 1. The Morgan fingerprint density at radius 3 is 2.53 bits per heavy atom. The number of hydrogen-bond acceptors (Lipinski definition) is 5. The maximum atomic E-state index is 12.9. The second kappa shape index (κ2) is 13.1. The summed E-state index contributed by atoms with van der Waals surface area (Å²) in [6.45, 7) is 12.6. The van der Waals surface area contributed by atoms with Crippen molar-refractivity contribution in [3.8, 4) is 0 Å². The third kappa shape index (κ3) is 7.07. The Labute approximate surface area is 217 Å². The minimum absolute atomic E-state index is 0.102. The zero-order chi connectivity index (χ0) is 26.1. The summed E-state index contributed by atoms with van der Waals surface area (Å²) in [5, 5.41) is 15.6. The van der Waals surface area contributed by atoms with Crippen LogP contribution in [0.2, 0.25) is 0 Å². The number of aromatic nitrogens is 3.